The summed E-state index contributed by atoms with van der Waals surface area (Å²) in [5.74, 6) is 0. The molecular weight excluding hydrogens is 176 g/mol. The van der Waals surface area contributed by atoms with Crippen molar-refractivity contribution in [1.82, 2.24) is 15.0 Å². The maximum atomic E-state index is 5.84. The normalized spacial score (nSPS) is 11.1. The van der Waals surface area contributed by atoms with Crippen LogP contribution in [0.4, 0.5) is 5.69 Å². The van der Waals surface area contributed by atoms with Crippen LogP contribution in [0.25, 0.3) is 22.1 Å². The van der Waals surface area contributed by atoms with E-state index in [4.69, 9.17) is 5.73 Å². The second-order valence-corrected chi connectivity index (χ2v) is 3.18. The molecule has 1 aromatic carbocycles. The average Bonchev–Trinajstić information content (AvgIpc) is 2.62. The SMILES string of the molecule is Nc1cccc2nc3nc[nH]c3cc12. The summed E-state index contributed by atoms with van der Waals surface area (Å²) < 4.78 is 0. The van der Waals surface area contributed by atoms with Gasteiger partial charge in [0.15, 0.2) is 5.65 Å². The topological polar surface area (TPSA) is 67.6 Å². The monoisotopic (exact) mass is 184 g/mol. The van der Waals surface area contributed by atoms with Crippen LogP contribution in [0, 0.1) is 0 Å². The lowest BCUT2D eigenvalue weighted by Crippen LogP contribution is -1.88. The zero-order chi connectivity index (χ0) is 9.54. The number of hydrogen-bond acceptors (Lipinski definition) is 3. The van der Waals surface area contributed by atoms with Crippen LogP contribution in [0.1, 0.15) is 0 Å². The van der Waals surface area contributed by atoms with Crippen molar-refractivity contribution in [3.63, 3.8) is 0 Å². The lowest BCUT2D eigenvalue weighted by molar-refractivity contribution is 1.32. The van der Waals surface area contributed by atoms with E-state index in [-0.39, 0.29) is 0 Å². The van der Waals surface area contributed by atoms with Crippen LogP contribution in [0.3, 0.4) is 0 Å². The second-order valence-electron chi connectivity index (χ2n) is 3.18. The van der Waals surface area contributed by atoms with Gasteiger partial charge in [-0.05, 0) is 18.2 Å². The number of imidazole rings is 1. The molecule has 3 N–H and O–H groups in total. The number of nitrogens with zero attached hydrogens (tertiary/aromatic N) is 2. The fourth-order valence-corrected chi connectivity index (χ4v) is 1.58. The van der Waals surface area contributed by atoms with Crippen LogP contribution < -0.4 is 5.73 Å². The molecule has 68 valence electrons. The Bertz CT molecular complexity index is 612. The van der Waals surface area contributed by atoms with Crippen LogP contribution in [0.2, 0.25) is 0 Å². The lowest BCUT2D eigenvalue weighted by atomic mass is 10.2. The van der Waals surface area contributed by atoms with Crippen molar-refractivity contribution in [2.24, 2.45) is 0 Å². The first-order valence-corrected chi connectivity index (χ1v) is 4.33. The number of H-pyrrole nitrogens is 1. The zero-order valence-corrected chi connectivity index (χ0v) is 7.36. The predicted molar refractivity (Wildman–Crippen MR) is 55.8 cm³/mol. The summed E-state index contributed by atoms with van der Waals surface area (Å²) in [6.07, 6.45) is 1.63. The number of nitrogens with one attached hydrogen (secondary N) is 1. The summed E-state index contributed by atoms with van der Waals surface area (Å²) in [7, 11) is 0. The molecule has 0 amide bonds. The van der Waals surface area contributed by atoms with Gasteiger partial charge in [-0.25, -0.2) is 9.97 Å². The van der Waals surface area contributed by atoms with Gasteiger partial charge in [0.05, 0.1) is 17.4 Å². The standard InChI is InChI=1S/C10H8N4/c11-7-2-1-3-8-6(7)4-9-10(14-8)13-5-12-9/h1-5H,11H2,(H,12,13,14). The number of benzene rings is 1. The van der Waals surface area contributed by atoms with E-state index in [1.54, 1.807) is 6.33 Å². The molecule has 3 rings (SSSR count). The van der Waals surface area contributed by atoms with E-state index in [2.05, 4.69) is 15.0 Å². The highest BCUT2D eigenvalue weighted by Gasteiger charge is 2.02. The minimum atomic E-state index is 0.725. The molecule has 0 aliphatic heterocycles. The highest BCUT2D eigenvalue weighted by atomic mass is 14.9. The summed E-state index contributed by atoms with van der Waals surface area (Å²) in [5.41, 5.74) is 9.10. The zero-order valence-electron chi connectivity index (χ0n) is 7.36. The van der Waals surface area contributed by atoms with E-state index in [0.717, 1.165) is 27.8 Å². The second kappa shape index (κ2) is 2.45. The van der Waals surface area contributed by atoms with Crippen molar-refractivity contribution in [2.75, 3.05) is 5.73 Å². The lowest BCUT2D eigenvalue weighted by Gasteiger charge is -1.99. The van der Waals surface area contributed by atoms with E-state index in [9.17, 15) is 0 Å². The molecule has 0 radical (unpaired) electrons. The molecule has 0 unspecified atom stereocenters. The number of nitrogen functional groups attached to an aromatic ring is 1. The number of anilines is 1. The number of pyridine rings is 1. The van der Waals surface area contributed by atoms with Crippen molar-refractivity contribution in [3.05, 3.63) is 30.6 Å². The Morgan fingerprint density at radius 3 is 3.14 bits per heavy atom. The van der Waals surface area contributed by atoms with Crippen LogP contribution in [-0.4, -0.2) is 15.0 Å². The number of fused-ring (bicyclic) bond motifs is 2. The molecule has 2 aromatic heterocycles. The van der Waals surface area contributed by atoms with E-state index in [0.29, 0.717) is 0 Å². The van der Waals surface area contributed by atoms with Crippen molar-refractivity contribution in [2.45, 2.75) is 0 Å². The first-order valence-electron chi connectivity index (χ1n) is 4.33. The number of hydrogen-bond donors (Lipinski definition) is 2. The van der Waals surface area contributed by atoms with Gasteiger partial charge in [0.25, 0.3) is 0 Å². The predicted octanol–water partition coefficient (Wildman–Crippen LogP) is 1.69. The van der Waals surface area contributed by atoms with Gasteiger partial charge in [-0.1, -0.05) is 6.07 Å². The molecule has 0 atom stereocenters. The average molecular weight is 184 g/mol. The molecule has 0 aliphatic rings. The number of nitrogens with two attached hydrogens (primary N) is 1. The first kappa shape index (κ1) is 7.32. The van der Waals surface area contributed by atoms with Crippen molar-refractivity contribution in [3.8, 4) is 0 Å². The Morgan fingerprint density at radius 2 is 2.21 bits per heavy atom. The van der Waals surface area contributed by atoms with Crippen molar-refractivity contribution >= 4 is 27.8 Å². The Labute approximate surface area is 79.8 Å². The molecule has 0 fully saturated rings. The Balaban J connectivity index is 2.57. The Morgan fingerprint density at radius 1 is 1.29 bits per heavy atom. The van der Waals surface area contributed by atoms with Crippen LogP contribution >= 0.6 is 0 Å². The number of aromatic amines is 1. The molecule has 3 aromatic rings. The van der Waals surface area contributed by atoms with E-state index >= 15 is 0 Å². The summed E-state index contributed by atoms with van der Waals surface area (Å²) in [5, 5.41) is 0.962. The van der Waals surface area contributed by atoms with Crippen LogP contribution in [-0.2, 0) is 0 Å². The van der Waals surface area contributed by atoms with Crippen molar-refractivity contribution < 1.29 is 0 Å². The van der Waals surface area contributed by atoms with Gasteiger partial charge in [0.2, 0.25) is 0 Å². The van der Waals surface area contributed by atoms with E-state index in [1.165, 1.54) is 0 Å². The van der Waals surface area contributed by atoms with Crippen molar-refractivity contribution in [1.29, 1.82) is 0 Å². The summed E-state index contributed by atoms with van der Waals surface area (Å²) in [6.45, 7) is 0. The molecule has 0 bridgehead atoms. The Hall–Kier alpha value is -2.10. The molecule has 0 saturated carbocycles. The van der Waals surface area contributed by atoms with Crippen LogP contribution in [0.5, 0.6) is 0 Å². The molecule has 4 heteroatoms. The smallest absolute Gasteiger partial charge is 0.177 e. The number of rotatable bonds is 0. The van der Waals surface area contributed by atoms with Gasteiger partial charge in [-0.3, -0.25) is 0 Å². The first-order chi connectivity index (χ1) is 6.84. The third-order valence-electron chi connectivity index (χ3n) is 2.28. The highest BCUT2D eigenvalue weighted by molar-refractivity contribution is 5.96. The fraction of sp³-hybridized carbons (Fsp3) is 0. The van der Waals surface area contributed by atoms with Gasteiger partial charge >= 0.3 is 0 Å². The van der Waals surface area contributed by atoms with Gasteiger partial charge in [-0.2, -0.15) is 0 Å². The summed E-state index contributed by atoms with van der Waals surface area (Å²) in [6, 6.07) is 7.66. The number of aromatic nitrogens is 3. The fourth-order valence-electron chi connectivity index (χ4n) is 1.58. The van der Waals surface area contributed by atoms with E-state index in [1.807, 2.05) is 24.3 Å². The maximum absolute atomic E-state index is 5.84. The van der Waals surface area contributed by atoms with Gasteiger partial charge in [0, 0.05) is 11.1 Å². The van der Waals surface area contributed by atoms with E-state index < -0.39 is 0 Å². The quantitative estimate of drug-likeness (QED) is 0.522. The largest absolute Gasteiger partial charge is 0.398 e. The molecule has 2 heterocycles. The minimum absolute atomic E-state index is 0.725. The van der Waals surface area contributed by atoms with Gasteiger partial charge in [-0.15, -0.1) is 0 Å². The highest BCUT2D eigenvalue weighted by Crippen LogP contribution is 2.21. The molecular formula is C10H8N4. The third kappa shape index (κ3) is 0.877. The molecule has 0 saturated heterocycles. The van der Waals surface area contributed by atoms with Crippen LogP contribution in [0.15, 0.2) is 30.6 Å². The maximum Gasteiger partial charge on any atom is 0.177 e. The molecule has 0 aliphatic carbocycles. The molecule has 4 nitrogen and oxygen atoms in total. The third-order valence-corrected chi connectivity index (χ3v) is 2.28. The summed E-state index contributed by atoms with van der Waals surface area (Å²) in [4.78, 5) is 11.5. The molecule has 14 heavy (non-hydrogen) atoms. The summed E-state index contributed by atoms with van der Waals surface area (Å²) >= 11 is 0. The molecule has 0 spiro atoms. The van der Waals surface area contributed by atoms with Gasteiger partial charge in [0.1, 0.15) is 0 Å². The Kier molecular flexibility index (Phi) is 1.28. The van der Waals surface area contributed by atoms with Gasteiger partial charge < -0.3 is 10.7 Å². The minimum Gasteiger partial charge on any atom is -0.398 e.